The first-order valence-electron chi connectivity index (χ1n) is 11.3. The fourth-order valence-electron chi connectivity index (χ4n) is 4.50. The highest BCUT2D eigenvalue weighted by atomic mass is 16.5. The second-order valence-electron chi connectivity index (χ2n) is 8.30. The van der Waals surface area contributed by atoms with Crippen LogP contribution in [0.5, 0.6) is 11.5 Å². The number of para-hydroxylation sites is 1. The van der Waals surface area contributed by atoms with E-state index in [1.165, 1.54) is 7.11 Å². The quantitative estimate of drug-likeness (QED) is 0.589. The molecule has 8 nitrogen and oxygen atoms in total. The molecule has 0 spiro atoms. The second kappa shape index (κ2) is 9.15. The molecule has 1 atom stereocenters. The van der Waals surface area contributed by atoms with E-state index in [2.05, 4.69) is 10.00 Å². The molecule has 1 amide bonds. The Hall–Kier alpha value is -3.52. The van der Waals surface area contributed by atoms with Crippen molar-refractivity contribution in [2.24, 2.45) is 0 Å². The van der Waals surface area contributed by atoms with E-state index in [1.807, 2.05) is 66.5 Å². The molecule has 2 aliphatic heterocycles. The molecule has 0 aliphatic carbocycles. The lowest BCUT2D eigenvalue weighted by Crippen LogP contribution is -2.42. The summed E-state index contributed by atoms with van der Waals surface area (Å²) in [5.41, 5.74) is 3.67. The highest BCUT2D eigenvalue weighted by Crippen LogP contribution is 2.42. The highest BCUT2D eigenvalue weighted by molar-refractivity contribution is 5.91. The van der Waals surface area contributed by atoms with Gasteiger partial charge in [-0.2, -0.15) is 5.10 Å². The van der Waals surface area contributed by atoms with E-state index in [0.717, 1.165) is 54.3 Å². The van der Waals surface area contributed by atoms with Crippen molar-refractivity contribution in [2.75, 3.05) is 43.2 Å². The Bertz CT molecular complexity index is 1120. The number of nitrogens with zero attached hydrogens (tertiary/aromatic N) is 4. The zero-order chi connectivity index (χ0) is 22.8. The third-order valence-corrected chi connectivity index (χ3v) is 6.25. The van der Waals surface area contributed by atoms with E-state index in [4.69, 9.17) is 14.2 Å². The molecule has 0 N–H and O–H groups in total. The molecule has 1 fully saturated rings. The van der Waals surface area contributed by atoms with Gasteiger partial charge in [-0.25, -0.2) is 9.48 Å². The molecule has 0 bridgehead atoms. The van der Waals surface area contributed by atoms with Gasteiger partial charge in [-0.05, 0) is 44.0 Å². The molecule has 1 unspecified atom stereocenters. The van der Waals surface area contributed by atoms with E-state index in [-0.39, 0.29) is 12.1 Å². The molecule has 1 saturated heterocycles. The molecule has 3 heterocycles. The maximum absolute atomic E-state index is 12.6. The van der Waals surface area contributed by atoms with Crippen molar-refractivity contribution < 1.29 is 19.0 Å². The summed E-state index contributed by atoms with van der Waals surface area (Å²) in [6, 6.07) is 13.7. The average molecular weight is 449 g/mol. The Morgan fingerprint density at radius 1 is 1.09 bits per heavy atom. The minimum absolute atomic E-state index is 0.0398. The number of ether oxygens (including phenoxy) is 3. The van der Waals surface area contributed by atoms with Crippen LogP contribution < -0.4 is 14.5 Å². The maximum Gasteiger partial charge on any atom is 0.414 e. The first kappa shape index (κ1) is 21.3. The van der Waals surface area contributed by atoms with Gasteiger partial charge in [-0.1, -0.05) is 18.2 Å². The van der Waals surface area contributed by atoms with Crippen LogP contribution in [0.2, 0.25) is 0 Å². The molecule has 0 radical (unpaired) electrons. The summed E-state index contributed by atoms with van der Waals surface area (Å²) in [5.74, 6) is 1.44. The van der Waals surface area contributed by atoms with Crippen molar-refractivity contribution in [3.63, 3.8) is 0 Å². The van der Waals surface area contributed by atoms with Crippen molar-refractivity contribution >= 4 is 17.5 Å². The molecule has 8 heteroatoms. The molecular weight excluding hydrogens is 420 g/mol. The Kier molecular flexibility index (Phi) is 5.92. The minimum Gasteiger partial charge on any atom is -0.455 e. The first-order chi connectivity index (χ1) is 16.2. The summed E-state index contributed by atoms with van der Waals surface area (Å²) >= 11 is 0. The van der Waals surface area contributed by atoms with Gasteiger partial charge >= 0.3 is 6.09 Å². The number of morpholine rings is 1. The number of anilines is 2. The molecule has 0 saturated carbocycles. The summed E-state index contributed by atoms with van der Waals surface area (Å²) < 4.78 is 18.8. The third kappa shape index (κ3) is 4.14. The number of fused-ring (bicyclic) bond motifs is 1. The summed E-state index contributed by atoms with van der Waals surface area (Å²) in [6.07, 6.45) is 5.14. The lowest BCUT2D eigenvalue weighted by Gasteiger charge is -2.35. The van der Waals surface area contributed by atoms with Crippen molar-refractivity contribution in [1.82, 2.24) is 9.78 Å². The molecule has 5 rings (SSSR count). The van der Waals surface area contributed by atoms with Gasteiger partial charge in [0.15, 0.2) is 5.75 Å². The van der Waals surface area contributed by atoms with Gasteiger partial charge in [0.1, 0.15) is 11.4 Å². The Labute approximate surface area is 193 Å². The topological polar surface area (TPSA) is 69.1 Å². The number of carbonyl (C=O) groups is 1. The van der Waals surface area contributed by atoms with E-state index in [9.17, 15) is 4.79 Å². The van der Waals surface area contributed by atoms with Gasteiger partial charge < -0.3 is 19.1 Å². The predicted octanol–water partition coefficient (Wildman–Crippen LogP) is 4.41. The number of methoxy groups -OCH3 is 1. The van der Waals surface area contributed by atoms with E-state index >= 15 is 0 Å². The SMILES string of the molecule is COC(=O)N1c2ccc(-n3cc(N4CCOCC4)cn3)c(Oc3ccccc3)c2CCC1C. The predicted molar refractivity (Wildman–Crippen MR) is 126 cm³/mol. The Balaban J connectivity index is 1.59. The third-order valence-electron chi connectivity index (χ3n) is 6.25. The van der Waals surface area contributed by atoms with Gasteiger partial charge in [0.2, 0.25) is 0 Å². The van der Waals surface area contributed by atoms with Gasteiger partial charge in [0, 0.05) is 24.7 Å². The fourth-order valence-corrected chi connectivity index (χ4v) is 4.50. The van der Waals surface area contributed by atoms with Gasteiger partial charge in [-0.3, -0.25) is 4.90 Å². The van der Waals surface area contributed by atoms with Crippen LogP contribution in [0.25, 0.3) is 5.69 Å². The molecule has 33 heavy (non-hydrogen) atoms. The van der Waals surface area contributed by atoms with Gasteiger partial charge in [0.05, 0.1) is 44.1 Å². The molecule has 1 aromatic heterocycles. The van der Waals surface area contributed by atoms with Gasteiger partial charge in [0.25, 0.3) is 0 Å². The number of benzene rings is 2. The van der Waals surface area contributed by atoms with Crippen LogP contribution in [-0.4, -0.2) is 55.3 Å². The first-order valence-corrected chi connectivity index (χ1v) is 11.3. The van der Waals surface area contributed by atoms with Crippen LogP contribution in [0.4, 0.5) is 16.2 Å². The van der Waals surface area contributed by atoms with Crippen molar-refractivity contribution in [3.8, 4) is 17.2 Å². The van der Waals surface area contributed by atoms with Crippen LogP contribution in [0.1, 0.15) is 18.9 Å². The maximum atomic E-state index is 12.6. The van der Waals surface area contributed by atoms with E-state index in [1.54, 1.807) is 4.90 Å². The van der Waals surface area contributed by atoms with Crippen LogP contribution in [-0.2, 0) is 15.9 Å². The lowest BCUT2D eigenvalue weighted by atomic mass is 9.95. The molecule has 2 aromatic carbocycles. The standard InChI is InChI=1S/C25H28N4O4/c1-18-8-9-21-22(29(18)25(30)31-2)10-11-23(24(21)33-20-6-4-3-5-7-20)28-17-19(16-26-28)27-12-14-32-15-13-27/h3-7,10-11,16-18H,8-9,12-15H2,1-2H3. The van der Waals surface area contributed by atoms with Gasteiger partial charge in [-0.15, -0.1) is 0 Å². The summed E-state index contributed by atoms with van der Waals surface area (Å²) in [4.78, 5) is 16.6. The number of rotatable bonds is 4. The van der Waals surface area contributed by atoms with Crippen LogP contribution in [0, 0.1) is 0 Å². The van der Waals surface area contributed by atoms with Crippen molar-refractivity contribution in [2.45, 2.75) is 25.8 Å². The van der Waals surface area contributed by atoms with Crippen LogP contribution in [0.3, 0.4) is 0 Å². The summed E-state index contributed by atoms with van der Waals surface area (Å²) in [7, 11) is 1.41. The fraction of sp³-hybridized carbons (Fsp3) is 0.360. The molecule has 3 aromatic rings. The smallest absolute Gasteiger partial charge is 0.414 e. The Morgan fingerprint density at radius 3 is 2.61 bits per heavy atom. The number of carbonyl (C=O) groups excluding carboxylic acids is 1. The zero-order valence-corrected chi connectivity index (χ0v) is 18.9. The monoisotopic (exact) mass is 448 g/mol. The number of hydrogen-bond donors (Lipinski definition) is 0. The highest BCUT2D eigenvalue weighted by Gasteiger charge is 2.32. The number of hydrogen-bond acceptors (Lipinski definition) is 6. The largest absolute Gasteiger partial charge is 0.455 e. The van der Waals surface area contributed by atoms with Crippen molar-refractivity contribution in [1.29, 1.82) is 0 Å². The summed E-state index contributed by atoms with van der Waals surface area (Å²) in [6.45, 7) is 5.15. The molecular formula is C25H28N4O4. The second-order valence-corrected chi connectivity index (χ2v) is 8.30. The normalized spacial score (nSPS) is 18.1. The lowest BCUT2D eigenvalue weighted by molar-refractivity contribution is 0.122. The van der Waals surface area contributed by atoms with Crippen molar-refractivity contribution in [3.05, 3.63) is 60.4 Å². The minimum atomic E-state index is -0.365. The molecule has 2 aliphatic rings. The van der Waals surface area contributed by atoms with E-state index < -0.39 is 0 Å². The van der Waals surface area contributed by atoms with E-state index in [0.29, 0.717) is 19.0 Å². The summed E-state index contributed by atoms with van der Waals surface area (Å²) in [5, 5.41) is 4.65. The Morgan fingerprint density at radius 2 is 1.85 bits per heavy atom. The van der Waals surface area contributed by atoms with Crippen LogP contribution in [0.15, 0.2) is 54.9 Å². The van der Waals surface area contributed by atoms with Crippen LogP contribution >= 0.6 is 0 Å². The number of amides is 1. The average Bonchev–Trinajstić information content (AvgIpc) is 3.35. The number of aromatic nitrogens is 2. The molecule has 172 valence electrons. The zero-order valence-electron chi connectivity index (χ0n) is 18.9.